The van der Waals surface area contributed by atoms with Gasteiger partial charge >= 0.3 is 0 Å². The number of piperidine rings is 1. The fourth-order valence-electron chi connectivity index (χ4n) is 2.75. The van der Waals surface area contributed by atoms with E-state index in [0.717, 1.165) is 25.6 Å². The molecule has 0 bridgehead atoms. The van der Waals surface area contributed by atoms with E-state index in [1.54, 1.807) is 18.2 Å². The molecule has 0 spiro atoms. The molecule has 1 heterocycles. The van der Waals surface area contributed by atoms with E-state index in [2.05, 4.69) is 10.0 Å². The summed E-state index contributed by atoms with van der Waals surface area (Å²) in [4.78, 5) is 14.1. The van der Waals surface area contributed by atoms with Gasteiger partial charge in [-0.05, 0) is 37.6 Å². The Kier molecular flexibility index (Phi) is 6.45. The van der Waals surface area contributed by atoms with Crippen LogP contribution in [-0.4, -0.2) is 58.3 Å². The van der Waals surface area contributed by atoms with Gasteiger partial charge in [0.15, 0.2) is 0 Å². The number of hydrogen-bond donors (Lipinski definition) is 2. The normalized spacial score (nSPS) is 19.0. The molecule has 2 N–H and O–H groups in total. The van der Waals surface area contributed by atoms with Crippen molar-refractivity contribution >= 4 is 33.2 Å². The van der Waals surface area contributed by atoms with Crippen LogP contribution >= 0.6 is 11.6 Å². The monoisotopic (exact) mass is 375 g/mol. The molecule has 1 aromatic carbocycles. The maximum atomic E-state index is 12.2. The van der Waals surface area contributed by atoms with E-state index in [9.17, 15) is 13.2 Å². The van der Waals surface area contributed by atoms with Gasteiger partial charge in [-0.1, -0.05) is 11.6 Å². The fraction of sp³-hybridized carbons (Fsp3) is 0.533. The molecule has 1 aliphatic heterocycles. The molecule has 134 valence electrons. The summed E-state index contributed by atoms with van der Waals surface area (Å²) in [5, 5.41) is 3.21. The van der Waals surface area contributed by atoms with Crippen LogP contribution in [0.4, 0.5) is 5.69 Å². The smallest absolute Gasteiger partial charge is 0.238 e. The number of ether oxygens (including phenoxy) is 1. The number of rotatable bonds is 6. The first kappa shape index (κ1) is 19.0. The summed E-state index contributed by atoms with van der Waals surface area (Å²) >= 11 is 6.03. The number of hydrogen-bond acceptors (Lipinski definition) is 5. The van der Waals surface area contributed by atoms with Crippen LogP contribution in [0.5, 0.6) is 5.75 Å². The van der Waals surface area contributed by atoms with Crippen LogP contribution in [0.2, 0.25) is 5.02 Å². The van der Waals surface area contributed by atoms with Crippen LogP contribution < -0.4 is 14.8 Å². The molecule has 1 aromatic rings. The molecule has 0 radical (unpaired) electrons. The van der Waals surface area contributed by atoms with E-state index in [-0.39, 0.29) is 18.5 Å². The third kappa shape index (κ3) is 5.94. The number of nitrogens with zero attached hydrogens (tertiary/aromatic N) is 1. The maximum Gasteiger partial charge on any atom is 0.238 e. The molecule has 0 saturated carbocycles. The molecule has 7 nitrogen and oxygen atoms in total. The molecule has 24 heavy (non-hydrogen) atoms. The Labute approximate surface area is 147 Å². The number of anilines is 1. The first-order chi connectivity index (χ1) is 11.3. The van der Waals surface area contributed by atoms with Crippen LogP contribution in [0.1, 0.15) is 12.8 Å². The van der Waals surface area contributed by atoms with Gasteiger partial charge in [-0.2, -0.15) is 0 Å². The van der Waals surface area contributed by atoms with Crippen molar-refractivity contribution in [3.05, 3.63) is 23.2 Å². The van der Waals surface area contributed by atoms with Gasteiger partial charge in [0, 0.05) is 18.3 Å². The highest BCUT2D eigenvalue weighted by atomic mass is 35.5. The highest BCUT2D eigenvalue weighted by Crippen LogP contribution is 2.27. The number of nitrogens with one attached hydrogen (secondary N) is 2. The van der Waals surface area contributed by atoms with Gasteiger partial charge in [0.1, 0.15) is 5.75 Å². The lowest BCUT2D eigenvalue weighted by Crippen LogP contribution is -2.49. The molecule has 2 rings (SSSR count). The molecule has 9 heteroatoms. The summed E-state index contributed by atoms with van der Waals surface area (Å²) in [5.74, 6) is 0.372. The van der Waals surface area contributed by atoms with E-state index >= 15 is 0 Å². The zero-order valence-corrected chi connectivity index (χ0v) is 15.3. The molecule has 0 aromatic heterocycles. The van der Waals surface area contributed by atoms with Crippen molar-refractivity contribution in [3.63, 3.8) is 0 Å². The minimum absolute atomic E-state index is 0.156. The zero-order chi connectivity index (χ0) is 17.7. The number of halogens is 1. The minimum atomic E-state index is -3.24. The standard InChI is InChI=1S/C15H22ClN3O4S/c1-23-14-6-5-11(8-13(14)16)17-15(20)10-19-7-3-4-12(9-19)18-24(2,21)22/h5-6,8,12,18H,3-4,7,9-10H2,1-2H3,(H,17,20). The van der Waals surface area contributed by atoms with Crippen molar-refractivity contribution in [3.8, 4) is 5.75 Å². The predicted octanol–water partition coefficient (Wildman–Crippen LogP) is 1.30. The van der Waals surface area contributed by atoms with Gasteiger partial charge in [0.25, 0.3) is 0 Å². The molecular weight excluding hydrogens is 354 g/mol. The van der Waals surface area contributed by atoms with Crippen molar-refractivity contribution in [2.24, 2.45) is 0 Å². The first-order valence-electron chi connectivity index (χ1n) is 7.60. The molecule has 1 aliphatic rings. The lowest BCUT2D eigenvalue weighted by Gasteiger charge is -2.32. The van der Waals surface area contributed by atoms with Crippen LogP contribution in [-0.2, 0) is 14.8 Å². The third-order valence-electron chi connectivity index (χ3n) is 3.69. The first-order valence-corrected chi connectivity index (χ1v) is 9.87. The highest BCUT2D eigenvalue weighted by molar-refractivity contribution is 7.88. The van der Waals surface area contributed by atoms with Crippen molar-refractivity contribution in [2.45, 2.75) is 18.9 Å². The van der Waals surface area contributed by atoms with Crippen LogP contribution in [0.25, 0.3) is 0 Å². The van der Waals surface area contributed by atoms with Gasteiger partial charge < -0.3 is 10.1 Å². The molecule has 1 fully saturated rings. The number of carbonyl (C=O) groups excluding carboxylic acids is 1. The molecule has 1 atom stereocenters. The van der Waals surface area contributed by atoms with Gasteiger partial charge in [-0.25, -0.2) is 13.1 Å². The van der Waals surface area contributed by atoms with E-state index in [4.69, 9.17) is 16.3 Å². The molecule has 0 aliphatic carbocycles. The van der Waals surface area contributed by atoms with Crippen LogP contribution in [0.3, 0.4) is 0 Å². The largest absolute Gasteiger partial charge is 0.495 e. The summed E-state index contributed by atoms with van der Waals surface area (Å²) in [7, 11) is -1.71. The topological polar surface area (TPSA) is 87.7 Å². The summed E-state index contributed by atoms with van der Waals surface area (Å²) in [6, 6.07) is 4.87. The predicted molar refractivity (Wildman–Crippen MR) is 94.1 cm³/mol. The van der Waals surface area contributed by atoms with Gasteiger partial charge in [-0.3, -0.25) is 9.69 Å². The number of methoxy groups -OCH3 is 1. The van der Waals surface area contributed by atoms with Crippen molar-refractivity contribution < 1.29 is 17.9 Å². The lowest BCUT2D eigenvalue weighted by atomic mass is 10.1. The number of benzene rings is 1. The summed E-state index contributed by atoms with van der Waals surface area (Å²) in [6.07, 6.45) is 2.76. The summed E-state index contributed by atoms with van der Waals surface area (Å²) in [5.41, 5.74) is 0.591. The third-order valence-corrected chi connectivity index (χ3v) is 4.75. The zero-order valence-electron chi connectivity index (χ0n) is 13.7. The summed E-state index contributed by atoms with van der Waals surface area (Å²) in [6.45, 7) is 1.48. The summed E-state index contributed by atoms with van der Waals surface area (Å²) < 4.78 is 30.3. The Morgan fingerprint density at radius 3 is 2.83 bits per heavy atom. The van der Waals surface area contributed by atoms with Crippen molar-refractivity contribution in [2.75, 3.05) is 38.3 Å². The number of likely N-dealkylation sites (tertiary alicyclic amines) is 1. The second kappa shape index (κ2) is 8.15. The number of amides is 1. The molecular formula is C15H22ClN3O4S. The Morgan fingerprint density at radius 1 is 1.46 bits per heavy atom. The SMILES string of the molecule is COc1ccc(NC(=O)CN2CCCC(NS(C)(=O)=O)C2)cc1Cl. The van der Waals surface area contributed by atoms with Gasteiger partial charge in [-0.15, -0.1) is 0 Å². The minimum Gasteiger partial charge on any atom is -0.495 e. The lowest BCUT2D eigenvalue weighted by molar-refractivity contribution is -0.117. The Hall–Kier alpha value is -1.35. The van der Waals surface area contributed by atoms with E-state index < -0.39 is 10.0 Å². The second-order valence-electron chi connectivity index (χ2n) is 5.86. The van der Waals surface area contributed by atoms with Gasteiger partial charge in [0.2, 0.25) is 15.9 Å². The highest BCUT2D eigenvalue weighted by Gasteiger charge is 2.23. The van der Waals surface area contributed by atoms with E-state index in [1.165, 1.54) is 7.11 Å². The number of sulfonamides is 1. The average Bonchev–Trinajstić information content (AvgIpc) is 2.45. The molecule has 1 amide bonds. The Bertz CT molecular complexity index is 696. The van der Waals surface area contributed by atoms with Crippen molar-refractivity contribution in [1.29, 1.82) is 0 Å². The molecule has 1 saturated heterocycles. The quantitative estimate of drug-likeness (QED) is 0.782. The maximum absolute atomic E-state index is 12.2. The van der Waals surface area contributed by atoms with Crippen molar-refractivity contribution in [1.82, 2.24) is 9.62 Å². The fourth-order valence-corrected chi connectivity index (χ4v) is 3.80. The van der Waals surface area contributed by atoms with Crippen LogP contribution in [0.15, 0.2) is 18.2 Å². The van der Waals surface area contributed by atoms with E-state index in [0.29, 0.717) is 23.0 Å². The Balaban J connectivity index is 1.88. The molecule has 1 unspecified atom stereocenters. The number of carbonyl (C=O) groups is 1. The van der Waals surface area contributed by atoms with E-state index in [1.807, 2.05) is 4.90 Å². The average molecular weight is 376 g/mol. The van der Waals surface area contributed by atoms with Gasteiger partial charge in [0.05, 0.1) is 24.9 Å². The Morgan fingerprint density at radius 2 is 2.21 bits per heavy atom. The van der Waals surface area contributed by atoms with Crippen LogP contribution in [0, 0.1) is 0 Å². The second-order valence-corrected chi connectivity index (χ2v) is 8.05.